The first kappa shape index (κ1) is 13.8. The molecule has 0 aromatic heterocycles. The minimum absolute atomic E-state index is 0.293. The second-order valence-corrected chi connectivity index (χ2v) is 5.71. The number of hydrogen-bond donors (Lipinski definition) is 1. The van der Waals surface area contributed by atoms with Gasteiger partial charge >= 0.3 is 5.97 Å². The molecule has 2 heterocycles. The summed E-state index contributed by atoms with van der Waals surface area (Å²) in [7, 11) is 0. The Morgan fingerprint density at radius 2 is 2.22 bits per heavy atom. The van der Waals surface area contributed by atoms with Crippen LogP contribution >= 0.6 is 0 Å². The van der Waals surface area contributed by atoms with Crippen LogP contribution < -0.4 is 5.73 Å². The van der Waals surface area contributed by atoms with Crippen LogP contribution in [0.15, 0.2) is 0 Å². The number of carbonyl (C=O) groups excluding carboxylic acids is 1. The molecular formula is C13H25N3O2. The predicted octanol–water partition coefficient (Wildman–Crippen LogP) is 0.0469. The first-order chi connectivity index (χ1) is 8.53. The number of nitrogens with two attached hydrogens (primary N) is 1. The molecule has 18 heavy (non-hydrogen) atoms. The average Bonchev–Trinajstić information content (AvgIpc) is 2.76. The first-order valence-electron chi connectivity index (χ1n) is 6.95. The van der Waals surface area contributed by atoms with Crippen LogP contribution in [0.2, 0.25) is 0 Å². The minimum atomic E-state index is -0.892. The van der Waals surface area contributed by atoms with Gasteiger partial charge in [0.05, 0.1) is 6.61 Å². The van der Waals surface area contributed by atoms with Crippen molar-refractivity contribution in [1.82, 2.24) is 9.80 Å². The zero-order valence-electron chi connectivity index (χ0n) is 11.5. The summed E-state index contributed by atoms with van der Waals surface area (Å²) in [6.45, 7) is 8.93. The summed E-state index contributed by atoms with van der Waals surface area (Å²) in [6, 6.07) is 0.664. The Hall–Kier alpha value is -0.650. The highest BCUT2D eigenvalue weighted by Gasteiger charge is 2.36. The molecule has 0 aromatic rings. The first-order valence-corrected chi connectivity index (χ1v) is 6.95. The van der Waals surface area contributed by atoms with Crippen molar-refractivity contribution in [3.8, 4) is 0 Å². The van der Waals surface area contributed by atoms with Crippen LogP contribution in [-0.2, 0) is 9.53 Å². The van der Waals surface area contributed by atoms with Gasteiger partial charge in [0.2, 0.25) is 0 Å². The molecule has 2 N–H and O–H groups in total. The lowest BCUT2D eigenvalue weighted by molar-refractivity contribution is -0.150. The van der Waals surface area contributed by atoms with Crippen LogP contribution in [0.5, 0.6) is 0 Å². The predicted molar refractivity (Wildman–Crippen MR) is 70.3 cm³/mol. The second kappa shape index (κ2) is 5.55. The van der Waals surface area contributed by atoms with Crippen molar-refractivity contribution >= 4 is 5.97 Å². The highest BCUT2D eigenvalue weighted by atomic mass is 16.5. The molecule has 2 aliphatic rings. The molecule has 2 rings (SSSR count). The van der Waals surface area contributed by atoms with E-state index in [2.05, 4.69) is 9.80 Å². The van der Waals surface area contributed by atoms with E-state index in [0.29, 0.717) is 19.2 Å². The van der Waals surface area contributed by atoms with Crippen LogP contribution in [0, 0.1) is 0 Å². The lowest BCUT2D eigenvalue weighted by Crippen LogP contribution is -2.59. The third-order valence-electron chi connectivity index (χ3n) is 3.97. The lowest BCUT2D eigenvalue weighted by atomic mass is 10.0. The molecule has 2 atom stereocenters. The number of piperazine rings is 1. The Kier molecular flexibility index (Phi) is 4.25. The van der Waals surface area contributed by atoms with E-state index in [1.54, 1.807) is 6.92 Å². The van der Waals surface area contributed by atoms with Gasteiger partial charge in [-0.1, -0.05) is 0 Å². The Morgan fingerprint density at radius 1 is 1.44 bits per heavy atom. The van der Waals surface area contributed by atoms with E-state index in [0.717, 1.165) is 19.6 Å². The molecular weight excluding hydrogens is 230 g/mol. The van der Waals surface area contributed by atoms with Crippen LogP contribution in [0.4, 0.5) is 0 Å². The van der Waals surface area contributed by atoms with Gasteiger partial charge in [0.1, 0.15) is 5.54 Å². The molecule has 2 aliphatic heterocycles. The number of hydrogen-bond acceptors (Lipinski definition) is 5. The van der Waals surface area contributed by atoms with Crippen molar-refractivity contribution in [2.75, 3.05) is 39.3 Å². The zero-order chi connectivity index (χ0) is 13.2. The van der Waals surface area contributed by atoms with E-state index in [1.807, 2.05) is 6.92 Å². The summed E-state index contributed by atoms with van der Waals surface area (Å²) in [4.78, 5) is 16.6. The maximum atomic E-state index is 11.8. The van der Waals surface area contributed by atoms with Gasteiger partial charge in [-0.05, 0) is 33.2 Å². The normalized spacial score (nSPS) is 28.7. The van der Waals surface area contributed by atoms with Crippen LogP contribution in [0.3, 0.4) is 0 Å². The molecule has 0 saturated carbocycles. The van der Waals surface area contributed by atoms with Gasteiger partial charge in [0.15, 0.2) is 0 Å². The molecule has 0 amide bonds. The fourth-order valence-electron chi connectivity index (χ4n) is 3.02. The monoisotopic (exact) mass is 255 g/mol. The van der Waals surface area contributed by atoms with Gasteiger partial charge in [-0.25, -0.2) is 0 Å². The highest BCUT2D eigenvalue weighted by molar-refractivity contribution is 5.80. The molecule has 2 saturated heterocycles. The van der Waals surface area contributed by atoms with Gasteiger partial charge < -0.3 is 10.5 Å². The molecule has 0 radical (unpaired) electrons. The number of ether oxygens (including phenoxy) is 1. The molecule has 5 heteroatoms. The van der Waals surface area contributed by atoms with Crippen LogP contribution in [-0.4, -0.2) is 66.7 Å². The zero-order valence-corrected chi connectivity index (χ0v) is 11.5. The van der Waals surface area contributed by atoms with E-state index < -0.39 is 5.54 Å². The van der Waals surface area contributed by atoms with Crippen molar-refractivity contribution in [2.24, 2.45) is 5.73 Å². The fraction of sp³-hybridized carbons (Fsp3) is 0.923. The largest absolute Gasteiger partial charge is 0.465 e. The van der Waals surface area contributed by atoms with E-state index in [4.69, 9.17) is 10.5 Å². The number of fused-ring (bicyclic) bond motifs is 1. The van der Waals surface area contributed by atoms with Gasteiger partial charge in [0.25, 0.3) is 0 Å². The average molecular weight is 255 g/mol. The Labute approximate surface area is 109 Å². The maximum Gasteiger partial charge on any atom is 0.327 e. The SMILES string of the molecule is CCOC(=O)C(C)(N)CN1CCN2CCCC2C1. The van der Waals surface area contributed by atoms with Gasteiger partial charge in [-0.2, -0.15) is 0 Å². The molecule has 5 nitrogen and oxygen atoms in total. The summed E-state index contributed by atoms with van der Waals surface area (Å²) in [6.07, 6.45) is 2.58. The quantitative estimate of drug-likeness (QED) is 0.719. The molecule has 2 fully saturated rings. The van der Waals surface area contributed by atoms with Crippen molar-refractivity contribution in [1.29, 1.82) is 0 Å². The molecule has 2 unspecified atom stereocenters. The number of nitrogens with zero attached hydrogens (tertiary/aromatic N) is 2. The van der Waals surface area contributed by atoms with Crippen molar-refractivity contribution in [3.63, 3.8) is 0 Å². The summed E-state index contributed by atoms with van der Waals surface area (Å²) < 4.78 is 5.03. The van der Waals surface area contributed by atoms with E-state index >= 15 is 0 Å². The van der Waals surface area contributed by atoms with E-state index in [-0.39, 0.29) is 5.97 Å². The van der Waals surface area contributed by atoms with Crippen LogP contribution in [0.1, 0.15) is 26.7 Å². The standard InChI is InChI=1S/C13H25N3O2/c1-3-18-12(17)13(2,14)10-15-7-8-16-6-4-5-11(16)9-15/h11H,3-10,14H2,1-2H3. The van der Waals surface area contributed by atoms with E-state index in [9.17, 15) is 4.79 Å². The fourth-order valence-corrected chi connectivity index (χ4v) is 3.02. The van der Waals surface area contributed by atoms with Gasteiger partial charge in [-0.3, -0.25) is 14.6 Å². The Bertz CT molecular complexity index is 307. The smallest absolute Gasteiger partial charge is 0.327 e. The highest BCUT2D eigenvalue weighted by Crippen LogP contribution is 2.22. The Morgan fingerprint density at radius 3 is 2.94 bits per heavy atom. The number of carbonyl (C=O) groups is 1. The maximum absolute atomic E-state index is 11.8. The number of esters is 1. The lowest BCUT2D eigenvalue weighted by Gasteiger charge is -2.40. The van der Waals surface area contributed by atoms with Gasteiger partial charge in [-0.15, -0.1) is 0 Å². The van der Waals surface area contributed by atoms with E-state index in [1.165, 1.54) is 19.4 Å². The minimum Gasteiger partial charge on any atom is -0.465 e. The van der Waals surface area contributed by atoms with Gasteiger partial charge in [0, 0.05) is 32.2 Å². The van der Waals surface area contributed by atoms with Crippen LogP contribution in [0.25, 0.3) is 0 Å². The third-order valence-corrected chi connectivity index (χ3v) is 3.97. The summed E-state index contributed by atoms with van der Waals surface area (Å²) in [5.41, 5.74) is 5.19. The summed E-state index contributed by atoms with van der Waals surface area (Å²) in [5, 5.41) is 0. The molecule has 0 bridgehead atoms. The third kappa shape index (κ3) is 3.02. The van der Waals surface area contributed by atoms with Crippen molar-refractivity contribution in [2.45, 2.75) is 38.3 Å². The van der Waals surface area contributed by atoms with Crippen molar-refractivity contribution < 1.29 is 9.53 Å². The summed E-state index contributed by atoms with van der Waals surface area (Å²) >= 11 is 0. The molecule has 0 aliphatic carbocycles. The van der Waals surface area contributed by atoms with Crippen molar-refractivity contribution in [3.05, 3.63) is 0 Å². The molecule has 104 valence electrons. The molecule has 0 aromatic carbocycles. The number of rotatable bonds is 4. The topological polar surface area (TPSA) is 58.8 Å². The summed E-state index contributed by atoms with van der Waals surface area (Å²) in [5.74, 6) is -0.293. The molecule has 0 spiro atoms. The second-order valence-electron chi connectivity index (χ2n) is 5.71. The Balaban J connectivity index is 1.87.